The van der Waals surface area contributed by atoms with Crippen LogP contribution in [-0.4, -0.2) is 58.0 Å². The maximum atomic E-state index is 13.1. The zero-order chi connectivity index (χ0) is 23.7. The lowest BCUT2D eigenvalue weighted by molar-refractivity contribution is -0.00937. The van der Waals surface area contributed by atoms with Crippen molar-refractivity contribution in [2.45, 2.75) is 24.5 Å². The van der Waals surface area contributed by atoms with Crippen LogP contribution in [0.25, 0.3) is 5.69 Å². The average Bonchev–Trinajstić information content (AvgIpc) is 3.33. The van der Waals surface area contributed by atoms with Gasteiger partial charge in [0.15, 0.2) is 5.60 Å². The van der Waals surface area contributed by atoms with Crippen LogP contribution in [0.1, 0.15) is 36.0 Å². The minimum Gasteiger partial charge on any atom is -0.491 e. The first-order chi connectivity index (χ1) is 16.5. The van der Waals surface area contributed by atoms with Gasteiger partial charge in [0.1, 0.15) is 36.0 Å². The van der Waals surface area contributed by atoms with Crippen molar-refractivity contribution in [2.75, 3.05) is 26.3 Å². The molecule has 1 spiro atoms. The van der Waals surface area contributed by atoms with E-state index in [1.165, 1.54) is 0 Å². The van der Waals surface area contributed by atoms with Crippen LogP contribution in [0.4, 0.5) is 0 Å². The second kappa shape index (κ2) is 8.86. The van der Waals surface area contributed by atoms with E-state index in [9.17, 15) is 15.2 Å². The van der Waals surface area contributed by atoms with Crippen molar-refractivity contribution in [1.82, 2.24) is 9.47 Å². The molecule has 2 N–H and O–H groups in total. The second-order valence-electron chi connectivity index (χ2n) is 8.58. The average molecular weight is 462 g/mol. The van der Waals surface area contributed by atoms with E-state index in [-0.39, 0.29) is 20.5 Å². The number of nitrogens with zero attached hydrogens (tertiary/aromatic N) is 3. The number of aliphatic hydroxyl groups excluding tert-OH is 2. The summed E-state index contributed by atoms with van der Waals surface area (Å²) in [5, 5.41) is 27.9. The van der Waals surface area contributed by atoms with Crippen molar-refractivity contribution in [1.29, 1.82) is 5.26 Å². The number of aromatic nitrogens is 1. The number of amides is 1. The number of hydrogen-bond acceptors (Lipinski definition) is 6. The Morgan fingerprint density at radius 3 is 2.59 bits per heavy atom. The van der Waals surface area contributed by atoms with Crippen molar-refractivity contribution >= 4 is 5.91 Å². The van der Waals surface area contributed by atoms with Gasteiger partial charge in [0, 0.05) is 32.9 Å². The van der Waals surface area contributed by atoms with Crippen LogP contribution in [0.15, 0.2) is 60.7 Å². The van der Waals surface area contributed by atoms with Gasteiger partial charge in [-0.2, -0.15) is 5.26 Å². The number of piperidine rings is 1. The van der Waals surface area contributed by atoms with Crippen LogP contribution in [0.3, 0.4) is 0 Å². The Morgan fingerprint density at radius 2 is 1.88 bits per heavy atom. The monoisotopic (exact) mass is 461 g/mol. The Kier molecular flexibility index (Phi) is 5.74. The molecule has 0 saturated carbocycles. The molecule has 3 aromatic rings. The summed E-state index contributed by atoms with van der Waals surface area (Å²) in [6, 6.07) is 20.5. The fourth-order valence-corrected chi connectivity index (χ4v) is 4.68. The number of hydrogen-bond donors (Lipinski definition) is 2. The van der Waals surface area contributed by atoms with Gasteiger partial charge >= 0.3 is 0 Å². The fraction of sp³-hybridized carbons (Fsp3) is 0.308. The summed E-state index contributed by atoms with van der Waals surface area (Å²) in [6.45, 7) is 0.658. The summed E-state index contributed by atoms with van der Waals surface area (Å²) in [4.78, 5) is 14.9. The van der Waals surface area contributed by atoms with Crippen molar-refractivity contribution in [2.24, 2.45) is 0 Å². The van der Waals surface area contributed by atoms with Crippen LogP contribution >= 0.6 is 0 Å². The van der Waals surface area contributed by atoms with Gasteiger partial charge in [0.25, 0.3) is 5.91 Å². The molecule has 34 heavy (non-hydrogen) atoms. The minimum atomic E-state index is -0.943. The van der Waals surface area contributed by atoms with Gasteiger partial charge in [-0.1, -0.05) is 12.1 Å². The van der Waals surface area contributed by atoms with Crippen LogP contribution in [0.2, 0.25) is 0 Å². The molecule has 5 rings (SSSR count). The van der Waals surface area contributed by atoms with E-state index in [1.807, 2.05) is 45.9 Å². The molecule has 176 valence electrons. The smallest absolute Gasteiger partial charge is 0.253 e. The van der Waals surface area contributed by atoms with Crippen LogP contribution in [0, 0.1) is 11.3 Å². The largest absolute Gasteiger partial charge is 0.491 e. The highest BCUT2D eigenvalue weighted by Gasteiger charge is 2.45. The molecule has 1 atom stereocenters. The summed E-state index contributed by atoms with van der Waals surface area (Å²) >= 11 is 0. The normalized spacial score (nSPS) is 16.7. The topological polar surface area (TPSA) is 108 Å². The van der Waals surface area contributed by atoms with Gasteiger partial charge < -0.3 is 24.6 Å². The van der Waals surface area contributed by atoms with E-state index in [2.05, 4.69) is 6.07 Å². The van der Waals surface area contributed by atoms with E-state index in [4.69, 9.17) is 14.6 Å². The van der Waals surface area contributed by atoms with Gasteiger partial charge in [0.2, 0.25) is 0 Å². The molecule has 3 heterocycles. The van der Waals surface area contributed by atoms with E-state index >= 15 is 0 Å². The molecule has 1 fully saturated rings. The van der Waals surface area contributed by atoms with Crippen LogP contribution in [0.5, 0.6) is 11.5 Å². The summed E-state index contributed by atoms with van der Waals surface area (Å²) in [5.74, 6) is 1.19. The number of nitriles is 1. The highest BCUT2D eigenvalue weighted by Crippen LogP contribution is 2.45. The second-order valence-corrected chi connectivity index (χ2v) is 8.58. The molecular weight excluding hydrogens is 434 g/mol. The first-order valence-electron chi connectivity index (χ1n) is 11.3. The highest BCUT2D eigenvalue weighted by atomic mass is 16.5. The number of benzene rings is 2. The molecule has 8 nitrogen and oxygen atoms in total. The number of fused-ring (bicyclic) bond motifs is 4. The van der Waals surface area contributed by atoms with Crippen molar-refractivity contribution < 1.29 is 25.9 Å². The molecule has 1 amide bonds. The minimum absolute atomic E-state index is 0. The maximum absolute atomic E-state index is 13.1. The highest BCUT2D eigenvalue weighted by molar-refractivity contribution is 5.94. The molecule has 1 aromatic heterocycles. The summed E-state index contributed by atoms with van der Waals surface area (Å²) in [5.41, 5.74) is 2.33. The third kappa shape index (κ3) is 3.79. The summed E-state index contributed by atoms with van der Waals surface area (Å²) in [6.07, 6.45) is 0.283. The van der Waals surface area contributed by atoms with Crippen molar-refractivity contribution in [3.63, 3.8) is 0 Å². The first kappa shape index (κ1) is 22.0. The molecule has 0 bridgehead atoms. The molecule has 0 unspecified atom stereocenters. The first-order valence-corrected chi connectivity index (χ1v) is 11.3. The number of carbonyl (C=O) groups excluding carboxylic acids is 1. The van der Waals surface area contributed by atoms with Gasteiger partial charge in [0.05, 0.1) is 18.0 Å². The van der Waals surface area contributed by atoms with Gasteiger partial charge in [-0.25, -0.2) is 0 Å². The third-order valence-corrected chi connectivity index (χ3v) is 6.49. The Morgan fingerprint density at radius 1 is 1.15 bits per heavy atom. The molecule has 2 aliphatic heterocycles. The molecule has 2 aromatic carbocycles. The Balaban J connectivity index is 0.00000289. The Labute approximate surface area is 198 Å². The zero-order valence-corrected chi connectivity index (χ0v) is 18.6. The molecule has 0 radical (unpaired) electrons. The number of likely N-dealkylation sites (tertiary alicyclic amines) is 1. The zero-order valence-electron chi connectivity index (χ0n) is 18.6. The fourth-order valence-electron chi connectivity index (χ4n) is 4.68. The third-order valence-electron chi connectivity index (χ3n) is 6.49. The summed E-state index contributed by atoms with van der Waals surface area (Å²) in [7, 11) is 0. The number of ether oxygens (including phenoxy) is 2. The van der Waals surface area contributed by atoms with E-state index in [0.29, 0.717) is 42.9 Å². The standard InChI is InChI=1S/C26H25N3O5.H2/c27-15-19-7-10-24-26(34-23-4-2-1-3-22(23)29(19)24)11-13-28(14-12-26)25(32)18-5-8-21(9-6-18)33-17-20(31)16-30;/h1-10,20,30-31H,11-14,16-17H2;1H/t20-;/m0./s1. The van der Waals surface area contributed by atoms with E-state index < -0.39 is 11.7 Å². The Bertz CT molecular complexity index is 1240. The quantitative estimate of drug-likeness (QED) is 0.605. The molecule has 1 saturated heterocycles. The molecule has 2 aliphatic rings. The predicted molar refractivity (Wildman–Crippen MR) is 125 cm³/mol. The number of aliphatic hydroxyl groups is 2. The molecular formula is C26H27N3O5. The predicted octanol–water partition coefficient (Wildman–Crippen LogP) is 2.85. The van der Waals surface area contributed by atoms with E-state index in [0.717, 1.165) is 17.1 Å². The van der Waals surface area contributed by atoms with Crippen LogP contribution < -0.4 is 9.47 Å². The van der Waals surface area contributed by atoms with Gasteiger partial charge in [-0.05, 0) is 48.5 Å². The van der Waals surface area contributed by atoms with E-state index in [1.54, 1.807) is 24.3 Å². The lowest BCUT2D eigenvalue weighted by Crippen LogP contribution is -2.50. The molecule has 0 aliphatic carbocycles. The summed E-state index contributed by atoms with van der Waals surface area (Å²) < 4.78 is 13.9. The molecule has 8 heteroatoms. The van der Waals surface area contributed by atoms with Crippen molar-refractivity contribution in [3.8, 4) is 23.3 Å². The lowest BCUT2D eigenvalue weighted by Gasteiger charge is -2.45. The van der Waals surface area contributed by atoms with Crippen molar-refractivity contribution in [3.05, 3.63) is 77.6 Å². The van der Waals surface area contributed by atoms with Gasteiger partial charge in [-0.15, -0.1) is 0 Å². The lowest BCUT2D eigenvalue weighted by atomic mass is 9.86. The number of carbonyl (C=O) groups is 1. The Hall–Kier alpha value is -3.80. The number of rotatable bonds is 5. The van der Waals surface area contributed by atoms with Crippen LogP contribution in [-0.2, 0) is 5.60 Å². The number of para-hydroxylation sites is 2. The SMILES string of the molecule is N#Cc1ccc2n1-c1ccccc1OC21CCN(C(=O)c2ccc(OC[C@@H](O)CO)cc2)CC1.[HH]. The van der Waals surface area contributed by atoms with Gasteiger partial charge in [-0.3, -0.25) is 9.36 Å². The maximum Gasteiger partial charge on any atom is 0.253 e.